The molecule has 0 bridgehead atoms. The van der Waals surface area contributed by atoms with E-state index in [9.17, 15) is 18.0 Å². The zero-order valence-electron chi connectivity index (χ0n) is 11.1. The Bertz CT molecular complexity index is 762. The van der Waals surface area contributed by atoms with Gasteiger partial charge in [0.1, 0.15) is 5.75 Å². The Morgan fingerprint density at radius 3 is 2.59 bits per heavy atom. The molecule has 1 heterocycles. The third kappa shape index (κ3) is 3.79. The maximum absolute atomic E-state index is 12.7. The summed E-state index contributed by atoms with van der Waals surface area (Å²) in [5.41, 5.74) is 0.493. The van der Waals surface area contributed by atoms with Crippen LogP contribution in [0.1, 0.15) is 18.3 Å². The Morgan fingerprint density at radius 1 is 1.41 bits per heavy atom. The van der Waals surface area contributed by atoms with Gasteiger partial charge in [0.25, 0.3) is 5.82 Å². The molecular weight excluding hydrogens is 321 g/mol. The highest BCUT2D eigenvalue weighted by atomic mass is 32.1. The summed E-state index contributed by atoms with van der Waals surface area (Å²) < 4.78 is 43.1. The van der Waals surface area contributed by atoms with Gasteiger partial charge in [0.15, 0.2) is 0 Å². The fraction of sp³-hybridized carbons (Fsp3) is 0.167. The highest BCUT2D eigenvalue weighted by Gasteiger charge is 2.37. The highest BCUT2D eigenvalue weighted by Crippen LogP contribution is 2.27. The number of rotatable bonds is 3. The molecule has 116 valence electrons. The van der Waals surface area contributed by atoms with Gasteiger partial charge in [-0.05, 0) is 42.0 Å². The van der Waals surface area contributed by atoms with E-state index in [-0.39, 0.29) is 4.77 Å². The number of ether oxygens (including phenoxy) is 1. The van der Waals surface area contributed by atoms with Gasteiger partial charge in [0.05, 0.1) is 6.21 Å². The minimum Gasteiger partial charge on any atom is -0.427 e. The van der Waals surface area contributed by atoms with Crippen LogP contribution >= 0.6 is 12.2 Å². The van der Waals surface area contributed by atoms with Gasteiger partial charge in [0, 0.05) is 6.92 Å². The van der Waals surface area contributed by atoms with E-state index in [0.717, 1.165) is 0 Å². The molecule has 2 rings (SSSR count). The van der Waals surface area contributed by atoms with Crippen LogP contribution in [0.15, 0.2) is 29.4 Å². The third-order valence-electron chi connectivity index (χ3n) is 2.37. The van der Waals surface area contributed by atoms with Gasteiger partial charge >= 0.3 is 12.1 Å². The predicted molar refractivity (Wildman–Crippen MR) is 73.2 cm³/mol. The Kier molecular flexibility index (Phi) is 4.40. The highest BCUT2D eigenvalue weighted by molar-refractivity contribution is 7.71. The molecule has 0 fully saturated rings. The monoisotopic (exact) mass is 330 g/mol. The van der Waals surface area contributed by atoms with Crippen molar-refractivity contribution < 1.29 is 22.7 Å². The van der Waals surface area contributed by atoms with Crippen molar-refractivity contribution in [3.05, 3.63) is 40.4 Å². The lowest BCUT2D eigenvalue weighted by atomic mass is 10.2. The molecule has 10 heteroatoms. The zero-order valence-corrected chi connectivity index (χ0v) is 11.9. The summed E-state index contributed by atoms with van der Waals surface area (Å²) in [7, 11) is 0. The number of nitrogens with one attached hydrogen (secondary N) is 1. The van der Waals surface area contributed by atoms with Crippen LogP contribution in [0.25, 0.3) is 0 Å². The number of alkyl halides is 3. The number of aromatic nitrogens is 3. The number of hydrogen-bond donors (Lipinski definition) is 1. The number of carbonyl (C=O) groups is 1. The number of halogens is 3. The molecule has 2 aromatic rings. The van der Waals surface area contributed by atoms with Gasteiger partial charge in [-0.2, -0.15) is 22.9 Å². The van der Waals surface area contributed by atoms with E-state index in [4.69, 9.17) is 17.0 Å². The maximum atomic E-state index is 12.7. The lowest BCUT2D eigenvalue weighted by Gasteiger charge is -2.04. The van der Waals surface area contributed by atoms with Crippen LogP contribution in [-0.4, -0.2) is 27.1 Å². The van der Waals surface area contributed by atoms with Crippen LogP contribution in [0.2, 0.25) is 0 Å². The predicted octanol–water partition coefficient (Wildman–Crippen LogP) is 2.77. The van der Waals surface area contributed by atoms with Crippen LogP contribution in [0.4, 0.5) is 13.2 Å². The van der Waals surface area contributed by atoms with Crippen LogP contribution < -0.4 is 4.74 Å². The molecule has 0 unspecified atom stereocenters. The molecular formula is C12H9F3N4O2S. The van der Waals surface area contributed by atoms with Crippen molar-refractivity contribution >= 4 is 24.4 Å². The largest absolute Gasteiger partial charge is 0.453 e. The van der Waals surface area contributed by atoms with Gasteiger partial charge in [-0.15, -0.1) is 5.10 Å². The normalized spacial score (nSPS) is 11.8. The standard InChI is InChI=1S/C12H9F3N4O2S/c1-7(20)21-9-4-2-8(3-5-9)6-16-19-10(12(13,14)15)17-18-11(19)22/h2-6H,1H3,(H,18,22)/b16-6-. The maximum Gasteiger partial charge on any atom is 0.453 e. The van der Waals surface area contributed by atoms with Crippen LogP contribution in [0.5, 0.6) is 5.75 Å². The average molecular weight is 330 g/mol. The van der Waals surface area contributed by atoms with Crippen molar-refractivity contribution in [2.45, 2.75) is 13.1 Å². The minimum atomic E-state index is -4.68. The summed E-state index contributed by atoms with van der Waals surface area (Å²) in [4.78, 5) is 10.8. The second-order valence-electron chi connectivity index (χ2n) is 4.07. The Balaban J connectivity index is 2.24. The van der Waals surface area contributed by atoms with E-state index < -0.39 is 18.0 Å². The van der Waals surface area contributed by atoms with Gasteiger partial charge in [0.2, 0.25) is 4.77 Å². The molecule has 0 radical (unpaired) electrons. The molecule has 0 saturated carbocycles. The molecule has 0 amide bonds. The summed E-state index contributed by atoms with van der Waals surface area (Å²) in [6.07, 6.45) is -3.50. The van der Waals surface area contributed by atoms with Gasteiger partial charge < -0.3 is 4.74 Å². The van der Waals surface area contributed by atoms with E-state index in [1.54, 1.807) is 0 Å². The van der Waals surface area contributed by atoms with Crippen molar-refractivity contribution in [3.63, 3.8) is 0 Å². The van der Waals surface area contributed by atoms with Gasteiger partial charge in [-0.3, -0.25) is 4.79 Å². The number of carbonyl (C=O) groups excluding carboxylic acids is 1. The first-order valence-electron chi connectivity index (χ1n) is 5.85. The fourth-order valence-electron chi connectivity index (χ4n) is 1.49. The quantitative estimate of drug-likeness (QED) is 0.406. The molecule has 1 N–H and O–H groups in total. The SMILES string of the molecule is CC(=O)Oc1ccc(/C=N\n2c(C(F)(F)F)n[nH]c2=S)cc1. The second kappa shape index (κ2) is 6.10. The van der Waals surface area contributed by atoms with Gasteiger partial charge in [-0.1, -0.05) is 0 Å². The topological polar surface area (TPSA) is 72.3 Å². The molecule has 0 saturated heterocycles. The van der Waals surface area contributed by atoms with Crippen molar-refractivity contribution in [3.8, 4) is 5.75 Å². The van der Waals surface area contributed by atoms with Crippen molar-refractivity contribution in [2.75, 3.05) is 0 Å². The van der Waals surface area contributed by atoms with Crippen molar-refractivity contribution in [1.29, 1.82) is 0 Å². The Labute approximate surface area is 127 Å². The molecule has 22 heavy (non-hydrogen) atoms. The van der Waals surface area contributed by atoms with E-state index in [1.165, 1.54) is 37.4 Å². The first-order chi connectivity index (χ1) is 10.3. The minimum absolute atomic E-state index is 0.278. The van der Waals surface area contributed by atoms with Gasteiger partial charge in [-0.25, -0.2) is 5.10 Å². The second-order valence-corrected chi connectivity index (χ2v) is 4.46. The number of esters is 1. The molecule has 0 aliphatic carbocycles. The Morgan fingerprint density at radius 2 is 2.05 bits per heavy atom. The van der Waals surface area contributed by atoms with E-state index in [0.29, 0.717) is 16.0 Å². The lowest BCUT2D eigenvalue weighted by molar-refractivity contribution is -0.147. The number of H-pyrrole nitrogens is 1. The van der Waals surface area contributed by atoms with E-state index in [2.05, 4.69) is 10.2 Å². The van der Waals surface area contributed by atoms with Crippen LogP contribution in [-0.2, 0) is 11.0 Å². The molecule has 0 aliphatic heterocycles. The Hall–Kier alpha value is -2.49. The van der Waals surface area contributed by atoms with Crippen LogP contribution in [0, 0.1) is 4.77 Å². The third-order valence-corrected chi connectivity index (χ3v) is 2.63. The summed E-state index contributed by atoms with van der Waals surface area (Å²) in [6, 6.07) is 6.03. The number of hydrogen-bond acceptors (Lipinski definition) is 5. The zero-order chi connectivity index (χ0) is 16.3. The number of nitrogens with zero attached hydrogens (tertiary/aromatic N) is 3. The summed E-state index contributed by atoms with van der Waals surface area (Å²) in [5, 5.41) is 8.79. The summed E-state index contributed by atoms with van der Waals surface area (Å²) >= 11 is 4.70. The van der Waals surface area contributed by atoms with Crippen molar-refractivity contribution in [2.24, 2.45) is 5.10 Å². The molecule has 1 aromatic heterocycles. The number of aromatic amines is 1. The summed E-state index contributed by atoms with van der Waals surface area (Å²) in [6.45, 7) is 1.26. The van der Waals surface area contributed by atoms with E-state index in [1.807, 2.05) is 5.10 Å². The lowest BCUT2D eigenvalue weighted by Crippen LogP contribution is -2.12. The molecule has 0 spiro atoms. The fourth-order valence-corrected chi connectivity index (χ4v) is 1.67. The number of benzene rings is 1. The summed E-state index contributed by atoms with van der Waals surface area (Å²) in [5.74, 6) is -1.40. The molecule has 0 atom stereocenters. The first kappa shape index (κ1) is 15.9. The van der Waals surface area contributed by atoms with Crippen molar-refractivity contribution in [1.82, 2.24) is 14.9 Å². The first-order valence-corrected chi connectivity index (χ1v) is 6.25. The molecule has 6 nitrogen and oxygen atoms in total. The van der Waals surface area contributed by atoms with E-state index >= 15 is 0 Å². The average Bonchev–Trinajstić information content (AvgIpc) is 2.78. The molecule has 1 aromatic carbocycles. The smallest absolute Gasteiger partial charge is 0.427 e. The molecule has 0 aliphatic rings. The van der Waals surface area contributed by atoms with Crippen LogP contribution in [0.3, 0.4) is 0 Å².